The van der Waals surface area contributed by atoms with Crippen LogP contribution in [-0.4, -0.2) is 76.0 Å². The number of amides is 2. The Kier molecular flexibility index (Phi) is 12.2. The lowest BCUT2D eigenvalue weighted by molar-refractivity contribution is -0.125. The van der Waals surface area contributed by atoms with Gasteiger partial charge in [0.15, 0.2) is 0 Å². The molecule has 10 rings (SSSR count). The van der Waals surface area contributed by atoms with Crippen molar-refractivity contribution in [2.45, 2.75) is 31.5 Å². The summed E-state index contributed by atoms with van der Waals surface area (Å²) in [5.74, 6) is 0.558. The zero-order valence-corrected chi connectivity index (χ0v) is 38.5. The number of imidazole rings is 2. The average Bonchev–Trinajstić information content (AvgIpc) is 4.16. The first-order chi connectivity index (χ1) is 33.1. The van der Waals surface area contributed by atoms with Crippen molar-refractivity contribution in [1.29, 1.82) is 0 Å². The number of likely N-dealkylation sites (tertiary alicyclic amines) is 2. The minimum absolute atomic E-state index is 0.173. The molecule has 0 saturated carbocycles. The molecule has 2 amide bonds. The number of nitrogens with zero attached hydrogens (tertiary/aromatic N) is 8. The number of hydrogen-bond donors (Lipinski definition) is 0. The second-order valence-corrected chi connectivity index (χ2v) is 17.7. The highest BCUT2D eigenvalue weighted by molar-refractivity contribution is 6.42. The van der Waals surface area contributed by atoms with Gasteiger partial charge in [-0.05, 0) is 97.3 Å². The molecule has 2 atom stereocenters. The number of ether oxygens (including phenoxy) is 2. The van der Waals surface area contributed by atoms with Crippen molar-refractivity contribution in [3.63, 3.8) is 0 Å². The van der Waals surface area contributed by atoms with Gasteiger partial charge in [-0.3, -0.25) is 37.8 Å². The predicted octanol–water partition coefficient (Wildman–Crippen LogP) is 9.08. The summed E-state index contributed by atoms with van der Waals surface area (Å²) in [6.07, 6.45) is 10.4. The summed E-state index contributed by atoms with van der Waals surface area (Å²) in [4.78, 5) is 67.2. The Balaban J connectivity index is 0.906. The molecule has 4 aromatic carbocycles. The van der Waals surface area contributed by atoms with Crippen molar-refractivity contribution < 1.29 is 19.1 Å². The summed E-state index contributed by atoms with van der Waals surface area (Å²) in [7, 11) is 0. The van der Waals surface area contributed by atoms with Gasteiger partial charge in [-0.25, -0.2) is 9.59 Å². The number of rotatable bonds is 12. The average molecular weight is 968 g/mol. The molecule has 2 aliphatic rings. The van der Waals surface area contributed by atoms with E-state index >= 15 is 0 Å². The molecular weight excluding hydrogens is 927 g/mol. The fourth-order valence-electron chi connectivity index (χ4n) is 9.07. The molecule has 14 nitrogen and oxygen atoms in total. The lowest BCUT2D eigenvalue weighted by Crippen LogP contribution is -2.31. The zero-order chi connectivity index (χ0) is 47.1. The van der Waals surface area contributed by atoms with Crippen LogP contribution in [0.1, 0.15) is 36.1 Å². The van der Waals surface area contributed by atoms with Gasteiger partial charge in [0.2, 0.25) is 11.8 Å². The van der Waals surface area contributed by atoms with Crippen LogP contribution in [0.4, 0.5) is 0 Å². The van der Waals surface area contributed by atoms with Crippen LogP contribution in [-0.2, 0) is 16.2 Å². The molecule has 0 aliphatic carbocycles. The minimum atomic E-state index is -0.358. The highest BCUT2D eigenvalue weighted by Gasteiger charge is 2.32. The topological polar surface area (TPSA) is 139 Å². The van der Waals surface area contributed by atoms with Crippen LogP contribution < -0.4 is 20.9 Å². The summed E-state index contributed by atoms with van der Waals surface area (Å²) >= 11 is 19.5. The molecule has 0 spiro atoms. The van der Waals surface area contributed by atoms with Crippen molar-refractivity contribution in [1.82, 2.24) is 38.0 Å². The Morgan fingerprint density at radius 3 is 1.87 bits per heavy atom. The third-order valence-electron chi connectivity index (χ3n) is 12.4. The lowest BCUT2D eigenvalue weighted by Gasteiger charge is -2.17. The van der Waals surface area contributed by atoms with E-state index in [1.165, 1.54) is 12.2 Å². The molecule has 2 fully saturated rings. The molecule has 17 heteroatoms. The molecule has 2 aliphatic heterocycles. The van der Waals surface area contributed by atoms with E-state index in [1.807, 2.05) is 30.3 Å². The van der Waals surface area contributed by atoms with E-state index in [0.717, 1.165) is 5.56 Å². The molecule has 68 heavy (non-hydrogen) atoms. The van der Waals surface area contributed by atoms with Crippen LogP contribution in [0.25, 0.3) is 39.2 Å². The van der Waals surface area contributed by atoms with Gasteiger partial charge >= 0.3 is 11.4 Å². The number of pyridine rings is 2. The maximum atomic E-state index is 14.4. The van der Waals surface area contributed by atoms with Gasteiger partial charge in [-0.1, -0.05) is 71.7 Å². The van der Waals surface area contributed by atoms with Crippen LogP contribution >= 0.6 is 34.8 Å². The number of carbonyl (C=O) groups is 2. The highest BCUT2D eigenvalue weighted by Crippen LogP contribution is 2.33. The molecule has 0 N–H and O–H groups in total. The normalized spacial score (nSPS) is 16.2. The Morgan fingerprint density at radius 1 is 0.662 bits per heavy atom. The van der Waals surface area contributed by atoms with Crippen LogP contribution in [0, 0.1) is 0 Å². The highest BCUT2D eigenvalue weighted by atomic mass is 35.5. The molecule has 6 heterocycles. The summed E-state index contributed by atoms with van der Waals surface area (Å²) in [6.45, 7) is 5.46. The number of aromatic nitrogens is 6. The molecule has 8 aromatic rings. The second kappa shape index (κ2) is 18.7. The molecule has 0 radical (unpaired) electrons. The van der Waals surface area contributed by atoms with Gasteiger partial charge in [0.05, 0.1) is 73.0 Å². The van der Waals surface area contributed by atoms with E-state index in [-0.39, 0.29) is 52.6 Å². The van der Waals surface area contributed by atoms with E-state index in [1.54, 1.807) is 126 Å². The van der Waals surface area contributed by atoms with Gasteiger partial charge in [-0.2, -0.15) is 0 Å². The fraction of sp³-hybridized carbons (Fsp3) is 0.176. The summed E-state index contributed by atoms with van der Waals surface area (Å²) in [6, 6.07) is 29.9. The van der Waals surface area contributed by atoms with E-state index in [0.29, 0.717) is 99.6 Å². The number of benzene rings is 4. The van der Waals surface area contributed by atoms with Crippen LogP contribution in [0.5, 0.6) is 11.5 Å². The van der Waals surface area contributed by atoms with Gasteiger partial charge in [0, 0.05) is 50.2 Å². The standard InChI is InChI=1S/C51H41Cl3N8O6/c1-2-48(63)57-22-18-36(29-57)61-42-16-20-55-27-44(42)59(50(61)65)34-9-12-38(13-10-34)68-47(33-8-14-39(52)40(53)24-33)26-49(64)58-23-19-37(30-58)62-43-17-21-56-28-45(43)60(51(62)66)35-11-15-46(41(54)25-35)67-31-32-6-4-3-5-7-32/h2-17,20-21,24-28,36-37H,1,18-19,22-23,29-31H2/b47-26+/t36-,37-/m1/s1. The molecule has 0 bridgehead atoms. The van der Waals surface area contributed by atoms with Crippen LogP contribution in [0.15, 0.2) is 156 Å². The lowest BCUT2D eigenvalue weighted by atomic mass is 10.1. The molecule has 2 saturated heterocycles. The Bertz CT molecular complexity index is 3420. The third-order valence-corrected chi connectivity index (χ3v) is 13.4. The third kappa shape index (κ3) is 8.46. The number of halogens is 3. The van der Waals surface area contributed by atoms with E-state index in [9.17, 15) is 19.2 Å². The number of hydrogen-bond acceptors (Lipinski definition) is 8. The maximum Gasteiger partial charge on any atom is 0.334 e. The molecule has 0 unspecified atom stereocenters. The van der Waals surface area contributed by atoms with E-state index in [4.69, 9.17) is 44.3 Å². The zero-order valence-electron chi connectivity index (χ0n) is 36.3. The van der Waals surface area contributed by atoms with Crippen LogP contribution in [0.3, 0.4) is 0 Å². The van der Waals surface area contributed by atoms with Gasteiger partial charge in [0.25, 0.3) is 0 Å². The van der Waals surface area contributed by atoms with Gasteiger partial charge < -0.3 is 19.3 Å². The first kappa shape index (κ1) is 44.4. The minimum Gasteiger partial charge on any atom is -0.487 e. The fourth-order valence-corrected chi connectivity index (χ4v) is 9.60. The first-order valence-corrected chi connectivity index (χ1v) is 23.0. The van der Waals surface area contributed by atoms with E-state index in [2.05, 4.69) is 16.5 Å². The van der Waals surface area contributed by atoms with Gasteiger partial charge in [-0.15, -0.1) is 0 Å². The van der Waals surface area contributed by atoms with Crippen molar-refractivity contribution >= 4 is 74.4 Å². The largest absolute Gasteiger partial charge is 0.487 e. The quantitative estimate of drug-likeness (QED) is 0.0874. The SMILES string of the molecule is C=CC(=O)N1CC[C@@H](n2c(=O)n(-c3ccc(O/C(=C/C(=O)N4CC[C@@H](n5c(=O)n(-c6ccc(OCc7ccccc7)c(Cl)c6)c6cnccc65)C4)c4ccc(Cl)c(Cl)c4)cc3)c3cnccc32)C1. The Hall–Kier alpha value is -7.39. The van der Waals surface area contributed by atoms with Crippen molar-refractivity contribution in [2.24, 2.45) is 0 Å². The first-order valence-electron chi connectivity index (χ1n) is 21.8. The molecule has 342 valence electrons. The molecule has 4 aromatic heterocycles. The van der Waals surface area contributed by atoms with Crippen molar-refractivity contribution in [3.8, 4) is 22.9 Å². The van der Waals surface area contributed by atoms with Gasteiger partial charge in [0.1, 0.15) is 23.9 Å². The van der Waals surface area contributed by atoms with Crippen molar-refractivity contribution in [2.75, 3.05) is 26.2 Å². The Morgan fingerprint density at radius 2 is 1.26 bits per heavy atom. The van der Waals surface area contributed by atoms with Crippen molar-refractivity contribution in [3.05, 3.63) is 194 Å². The Labute approximate surface area is 404 Å². The smallest absolute Gasteiger partial charge is 0.334 e. The summed E-state index contributed by atoms with van der Waals surface area (Å²) in [5.41, 5.74) is 4.60. The summed E-state index contributed by atoms with van der Waals surface area (Å²) in [5, 5.41) is 0.953. The van der Waals surface area contributed by atoms with E-state index < -0.39 is 0 Å². The summed E-state index contributed by atoms with van der Waals surface area (Å²) < 4.78 is 19.0. The number of fused-ring (bicyclic) bond motifs is 2. The number of carbonyl (C=O) groups excluding carboxylic acids is 2. The monoisotopic (exact) mass is 966 g/mol. The second-order valence-electron chi connectivity index (χ2n) is 16.5. The predicted molar refractivity (Wildman–Crippen MR) is 262 cm³/mol. The van der Waals surface area contributed by atoms with Crippen LogP contribution in [0.2, 0.25) is 15.1 Å². The maximum absolute atomic E-state index is 14.4. The molecular formula is C51H41Cl3N8O6.